The van der Waals surface area contributed by atoms with Gasteiger partial charge in [0.15, 0.2) is 0 Å². The molecule has 0 spiro atoms. The zero-order valence-electron chi connectivity index (χ0n) is 21.6. The molecule has 3 N–H and O–H groups in total. The first-order valence-electron chi connectivity index (χ1n) is 11.9. The zero-order chi connectivity index (χ0) is 29.4. The van der Waals surface area contributed by atoms with E-state index < -0.39 is 36.2 Å². The molecule has 0 bridgehead atoms. The van der Waals surface area contributed by atoms with Gasteiger partial charge in [-0.15, -0.1) is 0 Å². The van der Waals surface area contributed by atoms with Crippen molar-refractivity contribution in [2.45, 2.75) is 26.8 Å². The molecule has 0 aliphatic rings. The molecule has 0 saturated carbocycles. The third kappa shape index (κ3) is 8.04. The molecule has 12 heteroatoms. The van der Waals surface area contributed by atoms with Crippen LogP contribution in [0.1, 0.15) is 40.1 Å². The van der Waals surface area contributed by atoms with Crippen molar-refractivity contribution in [3.63, 3.8) is 0 Å². The van der Waals surface area contributed by atoms with Crippen molar-refractivity contribution < 1.29 is 27.9 Å². The van der Waals surface area contributed by atoms with Gasteiger partial charge in [-0.2, -0.15) is 5.26 Å². The van der Waals surface area contributed by atoms with Gasteiger partial charge in [0.2, 0.25) is 5.91 Å². The van der Waals surface area contributed by atoms with E-state index in [2.05, 4.69) is 16.0 Å². The molecule has 0 aliphatic heterocycles. The maximum absolute atomic E-state index is 13.1. The minimum atomic E-state index is -2.77. The molecule has 0 aliphatic carbocycles. The Kier molecular flexibility index (Phi) is 9.85. The van der Waals surface area contributed by atoms with Crippen LogP contribution in [-0.4, -0.2) is 38.6 Å². The van der Waals surface area contributed by atoms with Crippen LogP contribution < -0.4 is 26.2 Å². The summed E-state index contributed by atoms with van der Waals surface area (Å²) in [7, 11) is 5.66. The molecule has 0 atom stereocenters. The van der Waals surface area contributed by atoms with E-state index in [-0.39, 0.29) is 34.1 Å². The van der Waals surface area contributed by atoms with Gasteiger partial charge in [-0.25, -0.2) is 8.78 Å². The quantitative estimate of drug-likeness (QED) is 0.314. The smallest absolute Gasteiger partial charge is 0.272 e. The van der Waals surface area contributed by atoms with Crippen LogP contribution in [0.15, 0.2) is 60.7 Å². The third-order valence-corrected chi connectivity index (χ3v) is 5.92. The Morgan fingerprint density at radius 3 is 2.25 bits per heavy atom. The lowest BCUT2D eigenvalue weighted by molar-refractivity contribution is -0.126. The topological polar surface area (TPSA) is 120 Å². The summed E-state index contributed by atoms with van der Waals surface area (Å²) in [6.07, 6.45) is -2.77. The Balaban J connectivity index is 1.82. The van der Waals surface area contributed by atoms with Crippen molar-refractivity contribution in [1.82, 2.24) is 5.32 Å². The number of nitrogens with one attached hydrogen (secondary N) is 3. The van der Waals surface area contributed by atoms with E-state index in [0.717, 1.165) is 0 Å². The van der Waals surface area contributed by atoms with Crippen molar-refractivity contribution in [1.29, 1.82) is 5.26 Å². The van der Waals surface area contributed by atoms with Crippen LogP contribution >= 0.6 is 11.6 Å². The van der Waals surface area contributed by atoms with Crippen LogP contribution in [0.3, 0.4) is 0 Å². The average molecular weight is 565 g/mol. The second-order valence-electron chi connectivity index (χ2n) is 9.18. The van der Waals surface area contributed by atoms with E-state index in [9.17, 15) is 23.2 Å². The highest BCUT2D eigenvalue weighted by molar-refractivity contribution is 6.34. The minimum Gasteiger partial charge on any atom is -0.487 e. The Hall–Kier alpha value is -4.43. The molecule has 0 fully saturated rings. The van der Waals surface area contributed by atoms with Crippen LogP contribution in [-0.2, 0) is 11.3 Å². The number of anilines is 2. The molecule has 2 radical (unpaired) electrons. The van der Waals surface area contributed by atoms with Crippen molar-refractivity contribution >= 4 is 54.0 Å². The number of benzene rings is 3. The average Bonchev–Trinajstić information content (AvgIpc) is 2.92. The van der Waals surface area contributed by atoms with Gasteiger partial charge < -0.3 is 20.7 Å². The number of ether oxygens (including phenoxy) is 1. The first-order valence-corrected chi connectivity index (χ1v) is 12.3. The van der Waals surface area contributed by atoms with Crippen LogP contribution in [0.25, 0.3) is 0 Å². The molecule has 40 heavy (non-hydrogen) atoms. The van der Waals surface area contributed by atoms with Crippen molar-refractivity contribution in [2.24, 2.45) is 5.41 Å². The van der Waals surface area contributed by atoms with Crippen molar-refractivity contribution in [2.75, 3.05) is 17.2 Å². The summed E-state index contributed by atoms with van der Waals surface area (Å²) in [5.74, 6) is -1.87. The van der Waals surface area contributed by atoms with Gasteiger partial charge in [0, 0.05) is 17.9 Å². The van der Waals surface area contributed by atoms with E-state index in [1.165, 1.54) is 44.2 Å². The van der Waals surface area contributed by atoms with Gasteiger partial charge in [0.25, 0.3) is 18.2 Å². The first kappa shape index (κ1) is 30.1. The highest BCUT2D eigenvalue weighted by atomic mass is 35.5. The summed E-state index contributed by atoms with van der Waals surface area (Å²) in [5.41, 5.74) is 0.368. The molecule has 3 aromatic rings. The molecule has 0 unspecified atom stereocenters. The monoisotopic (exact) mass is 564 g/mol. The van der Waals surface area contributed by atoms with Gasteiger partial charge in [0.05, 0.1) is 22.2 Å². The van der Waals surface area contributed by atoms with Crippen LogP contribution in [0, 0.1) is 16.7 Å². The normalized spacial score (nSPS) is 10.9. The lowest BCUT2D eigenvalue weighted by Gasteiger charge is -2.16. The van der Waals surface area contributed by atoms with E-state index >= 15 is 0 Å². The summed E-state index contributed by atoms with van der Waals surface area (Å²) < 4.78 is 30.7. The highest BCUT2D eigenvalue weighted by Gasteiger charge is 2.27. The minimum absolute atomic E-state index is 0.0486. The number of nitrogens with zero attached hydrogens (tertiary/aromatic N) is 1. The Labute approximate surface area is 236 Å². The molecule has 0 heterocycles. The number of halogens is 3. The van der Waals surface area contributed by atoms with E-state index in [1.807, 2.05) is 6.07 Å². The predicted octanol–water partition coefficient (Wildman–Crippen LogP) is 4.45. The predicted molar refractivity (Wildman–Crippen MR) is 148 cm³/mol. The number of carbonyl (C=O) groups excluding carboxylic acids is 3. The SMILES string of the molecule is [B]c1ccc(NC(=O)c2cc(NC(=O)c3cc(CNC(=O)C(C)(C)C#N)ccc3Cl)ccc2OCC(F)F)cc1. The summed E-state index contributed by atoms with van der Waals surface area (Å²) in [6.45, 7) is 2.08. The fourth-order valence-electron chi connectivity index (χ4n) is 3.34. The molecular formula is C28H24BClF2N4O4. The lowest BCUT2D eigenvalue weighted by atomic mass is 9.94. The van der Waals surface area contributed by atoms with Gasteiger partial charge in [-0.1, -0.05) is 35.3 Å². The number of carbonyl (C=O) groups is 3. The number of alkyl halides is 2. The van der Waals surface area contributed by atoms with Gasteiger partial charge in [-0.05, 0) is 61.9 Å². The molecule has 0 aromatic heterocycles. The molecule has 0 saturated heterocycles. The fourth-order valence-corrected chi connectivity index (χ4v) is 3.54. The Morgan fingerprint density at radius 1 is 0.975 bits per heavy atom. The first-order chi connectivity index (χ1) is 18.9. The van der Waals surface area contributed by atoms with Crippen LogP contribution in [0.5, 0.6) is 5.75 Å². The molecule has 3 amide bonds. The van der Waals surface area contributed by atoms with Crippen LogP contribution in [0.2, 0.25) is 5.02 Å². The standard InChI is InChI=1S/C28H24BClF2N4O4/c1-28(2,15-33)27(39)34-13-16-3-9-22(30)20(11-16)25(37)36-19-8-10-23(40-14-24(31)32)21(12-19)26(38)35-18-6-4-17(29)5-7-18/h3-12,24H,13-14H2,1-2H3,(H,34,39)(H,35,38)(H,36,37). The number of amides is 3. The lowest BCUT2D eigenvalue weighted by Crippen LogP contribution is -2.35. The fraction of sp³-hybridized carbons (Fsp3) is 0.214. The number of hydrogen-bond acceptors (Lipinski definition) is 5. The largest absolute Gasteiger partial charge is 0.487 e. The zero-order valence-corrected chi connectivity index (χ0v) is 22.3. The van der Waals surface area contributed by atoms with Crippen molar-refractivity contribution in [3.05, 3.63) is 82.4 Å². The van der Waals surface area contributed by atoms with E-state index in [1.54, 1.807) is 30.3 Å². The maximum Gasteiger partial charge on any atom is 0.272 e. The highest BCUT2D eigenvalue weighted by Crippen LogP contribution is 2.26. The van der Waals surface area contributed by atoms with Crippen molar-refractivity contribution in [3.8, 4) is 11.8 Å². The summed E-state index contributed by atoms with van der Waals surface area (Å²) in [5, 5.41) is 17.1. The molecular weight excluding hydrogens is 541 g/mol. The summed E-state index contributed by atoms with van der Waals surface area (Å²) >= 11 is 6.24. The second kappa shape index (κ2) is 13.1. The number of nitriles is 1. The van der Waals surface area contributed by atoms with E-state index in [0.29, 0.717) is 16.7 Å². The van der Waals surface area contributed by atoms with Gasteiger partial charge >= 0.3 is 0 Å². The Morgan fingerprint density at radius 2 is 1.60 bits per heavy atom. The number of hydrogen-bond donors (Lipinski definition) is 3. The van der Waals surface area contributed by atoms with E-state index in [4.69, 9.17) is 29.4 Å². The summed E-state index contributed by atoms with van der Waals surface area (Å²) in [4.78, 5) is 38.3. The maximum atomic E-state index is 13.1. The second-order valence-corrected chi connectivity index (χ2v) is 9.58. The molecule has 3 rings (SSSR count). The van der Waals surface area contributed by atoms with Gasteiger partial charge in [-0.3, -0.25) is 14.4 Å². The number of rotatable bonds is 10. The molecule has 3 aromatic carbocycles. The van der Waals surface area contributed by atoms with Crippen LogP contribution in [0.4, 0.5) is 20.2 Å². The molecule has 8 nitrogen and oxygen atoms in total. The van der Waals surface area contributed by atoms with Gasteiger partial charge in [0.1, 0.15) is 25.6 Å². The molecule has 204 valence electrons. The Bertz CT molecular complexity index is 1460. The third-order valence-electron chi connectivity index (χ3n) is 5.59. The summed E-state index contributed by atoms with van der Waals surface area (Å²) in [6, 6.07) is 16.8.